The predicted molar refractivity (Wildman–Crippen MR) is 79.9 cm³/mol. The van der Waals surface area contributed by atoms with E-state index in [2.05, 4.69) is 40.2 Å². The van der Waals surface area contributed by atoms with Crippen LogP contribution in [-0.4, -0.2) is 26.4 Å². The first-order chi connectivity index (χ1) is 9.72. The summed E-state index contributed by atoms with van der Waals surface area (Å²) in [5.74, 6) is 1.20. The number of rotatable bonds is 3. The molecule has 0 saturated heterocycles. The number of hydrogen-bond donors (Lipinski definition) is 1. The Morgan fingerprint density at radius 3 is 2.75 bits per heavy atom. The summed E-state index contributed by atoms with van der Waals surface area (Å²) in [4.78, 5) is 13.2. The Morgan fingerprint density at radius 1 is 1.15 bits per heavy atom. The zero-order valence-corrected chi connectivity index (χ0v) is 11.8. The molecule has 5 heteroatoms. The fraction of sp³-hybridized carbons (Fsp3) is 0.267. The molecule has 3 heterocycles. The Labute approximate surface area is 117 Å². The van der Waals surface area contributed by atoms with Crippen LogP contribution in [0.25, 0.3) is 17.0 Å². The molecule has 20 heavy (non-hydrogen) atoms. The Morgan fingerprint density at radius 2 is 2.00 bits per heavy atom. The largest absolute Gasteiger partial charge is 0.373 e. The predicted octanol–water partition coefficient (Wildman–Crippen LogP) is 2.96. The molecule has 3 aromatic rings. The van der Waals surface area contributed by atoms with Gasteiger partial charge in [0, 0.05) is 25.0 Å². The summed E-state index contributed by atoms with van der Waals surface area (Å²) in [6, 6.07) is 6.05. The zero-order chi connectivity index (χ0) is 14.1. The smallest absolute Gasteiger partial charge is 0.137 e. The van der Waals surface area contributed by atoms with Crippen molar-refractivity contribution in [3.8, 4) is 11.4 Å². The van der Waals surface area contributed by atoms with Gasteiger partial charge in [-0.2, -0.15) is 0 Å². The second kappa shape index (κ2) is 4.92. The monoisotopic (exact) mass is 267 g/mol. The number of nitrogens with one attached hydrogen (secondary N) is 1. The van der Waals surface area contributed by atoms with Crippen LogP contribution in [0.15, 0.2) is 36.9 Å². The van der Waals surface area contributed by atoms with Crippen LogP contribution in [0.3, 0.4) is 0 Å². The molecule has 0 aliphatic heterocycles. The van der Waals surface area contributed by atoms with Crippen molar-refractivity contribution in [2.24, 2.45) is 0 Å². The summed E-state index contributed by atoms with van der Waals surface area (Å²) in [7, 11) is 1.88. The highest BCUT2D eigenvalue weighted by molar-refractivity contribution is 5.68. The third-order valence-electron chi connectivity index (χ3n) is 3.37. The van der Waals surface area contributed by atoms with Crippen LogP contribution in [0.4, 0.5) is 5.82 Å². The van der Waals surface area contributed by atoms with Gasteiger partial charge in [0.1, 0.15) is 17.8 Å². The van der Waals surface area contributed by atoms with Crippen LogP contribution in [0, 0.1) is 0 Å². The average molecular weight is 267 g/mol. The van der Waals surface area contributed by atoms with Crippen molar-refractivity contribution in [1.29, 1.82) is 0 Å². The van der Waals surface area contributed by atoms with Crippen LogP contribution in [-0.2, 0) is 0 Å². The van der Waals surface area contributed by atoms with Gasteiger partial charge in [0.2, 0.25) is 0 Å². The van der Waals surface area contributed by atoms with Gasteiger partial charge in [-0.3, -0.25) is 4.40 Å². The molecule has 0 radical (unpaired) electrons. The molecule has 0 fully saturated rings. The summed E-state index contributed by atoms with van der Waals surface area (Å²) >= 11 is 0. The van der Waals surface area contributed by atoms with Crippen LogP contribution >= 0.6 is 0 Å². The first-order valence-electron chi connectivity index (χ1n) is 6.67. The first kappa shape index (κ1) is 12.6. The number of hydrogen-bond acceptors (Lipinski definition) is 4. The van der Waals surface area contributed by atoms with E-state index in [1.165, 1.54) is 0 Å². The van der Waals surface area contributed by atoms with E-state index < -0.39 is 0 Å². The normalized spacial score (nSPS) is 11.2. The van der Waals surface area contributed by atoms with Gasteiger partial charge in [-0.1, -0.05) is 19.9 Å². The van der Waals surface area contributed by atoms with Gasteiger partial charge >= 0.3 is 0 Å². The molecule has 0 bridgehead atoms. The highest BCUT2D eigenvalue weighted by Gasteiger charge is 2.17. The van der Waals surface area contributed by atoms with E-state index in [1.54, 1.807) is 12.5 Å². The SMILES string of the molecule is CNc1ncnc(-c2cccc3nccn23)c1C(C)C. The highest BCUT2D eigenvalue weighted by atomic mass is 15.0. The number of imidazole rings is 1. The molecule has 0 saturated carbocycles. The van der Waals surface area contributed by atoms with E-state index in [1.807, 2.05) is 29.8 Å². The molecule has 0 aliphatic carbocycles. The maximum atomic E-state index is 4.51. The second-order valence-electron chi connectivity index (χ2n) is 4.96. The summed E-state index contributed by atoms with van der Waals surface area (Å²) < 4.78 is 2.05. The van der Waals surface area contributed by atoms with E-state index in [0.717, 1.165) is 28.4 Å². The lowest BCUT2D eigenvalue weighted by molar-refractivity contribution is 0.849. The summed E-state index contributed by atoms with van der Waals surface area (Å²) in [5, 5.41) is 3.15. The lowest BCUT2D eigenvalue weighted by Crippen LogP contribution is -2.06. The molecule has 0 atom stereocenters. The quantitative estimate of drug-likeness (QED) is 0.792. The van der Waals surface area contributed by atoms with Crippen LogP contribution in [0.5, 0.6) is 0 Å². The third kappa shape index (κ3) is 1.91. The van der Waals surface area contributed by atoms with Gasteiger partial charge in [0.25, 0.3) is 0 Å². The molecule has 0 spiro atoms. The molecular weight excluding hydrogens is 250 g/mol. The van der Waals surface area contributed by atoms with Crippen LogP contribution < -0.4 is 5.32 Å². The van der Waals surface area contributed by atoms with E-state index in [9.17, 15) is 0 Å². The van der Waals surface area contributed by atoms with E-state index in [4.69, 9.17) is 0 Å². The molecular formula is C15H17N5. The molecule has 0 aliphatic rings. The molecule has 0 unspecified atom stereocenters. The summed E-state index contributed by atoms with van der Waals surface area (Å²) in [6.45, 7) is 4.30. The number of pyridine rings is 1. The average Bonchev–Trinajstić information content (AvgIpc) is 2.94. The molecule has 3 aromatic heterocycles. The Hall–Kier alpha value is -2.43. The van der Waals surface area contributed by atoms with Gasteiger partial charge in [-0.25, -0.2) is 15.0 Å². The molecule has 0 amide bonds. The van der Waals surface area contributed by atoms with Crippen molar-refractivity contribution >= 4 is 11.5 Å². The van der Waals surface area contributed by atoms with E-state index in [0.29, 0.717) is 5.92 Å². The molecule has 5 nitrogen and oxygen atoms in total. The standard InChI is InChI=1S/C15H17N5/c1-10(2)13-14(18-9-19-15(13)16-3)11-5-4-6-12-17-7-8-20(11)12/h4-10H,1-3H3,(H,16,18,19). The van der Waals surface area contributed by atoms with Gasteiger partial charge in [-0.05, 0) is 18.1 Å². The molecule has 1 N–H and O–H groups in total. The third-order valence-corrected chi connectivity index (χ3v) is 3.37. The maximum Gasteiger partial charge on any atom is 0.137 e. The zero-order valence-electron chi connectivity index (χ0n) is 11.8. The number of nitrogens with zero attached hydrogens (tertiary/aromatic N) is 4. The Balaban J connectivity index is 2.32. The minimum Gasteiger partial charge on any atom is -0.373 e. The van der Waals surface area contributed by atoms with Gasteiger partial charge in [0.05, 0.1) is 11.4 Å². The van der Waals surface area contributed by atoms with Crippen LogP contribution in [0.1, 0.15) is 25.3 Å². The summed E-state index contributed by atoms with van der Waals surface area (Å²) in [6.07, 6.45) is 5.35. The highest BCUT2D eigenvalue weighted by Crippen LogP contribution is 2.31. The number of fused-ring (bicyclic) bond motifs is 1. The lowest BCUT2D eigenvalue weighted by Gasteiger charge is -2.16. The summed E-state index contributed by atoms with van der Waals surface area (Å²) in [5.41, 5.74) is 4.02. The topological polar surface area (TPSA) is 55.1 Å². The van der Waals surface area contributed by atoms with Crippen LogP contribution in [0.2, 0.25) is 0 Å². The van der Waals surface area contributed by atoms with Crippen molar-refractivity contribution in [3.05, 3.63) is 42.5 Å². The maximum absolute atomic E-state index is 4.51. The van der Waals surface area contributed by atoms with Crippen molar-refractivity contribution in [2.75, 3.05) is 12.4 Å². The van der Waals surface area contributed by atoms with Crippen molar-refractivity contribution in [1.82, 2.24) is 19.4 Å². The first-order valence-corrected chi connectivity index (χ1v) is 6.67. The van der Waals surface area contributed by atoms with Crippen molar-refractivity contribution < 1.29 is 0 Å². The second-order valence-corrected chi connectivity index (χ2v) is 4.96. The van der Waals surface area contributed by atoms with Gasteiger partial charge in [0.15, 0.2) is 0 Å². The van der Waals surface area contributed by atoms with E-state index >= 15 is 0 Å². The Kier molecular flexibility index (Phi) is 3.10. The van der Waals surface area contributed by atoms with Crippen molar-refractivity contribution in [3.63, 3.8) is 0 Å². The lowest BCUT2D eigenvalue weighted by atomic mass is 9.99. The molecule has 102 valence electrons. The molecule has 0 aromatic carbocycles. The minimum atomic E-state index is 0.326. The number of anilines is 1. The van der Waals surface area contributed by atoms with Crippen molar-refractivity contribution in [2.45, 2.75) is 19.8 Å². The van der Waals surface area contributed by atoms with Gasteiger partial charge < -0.3 is 5.32 Å². The minimum absolute atomic E-state index is 0.326. The van der Waals surface area contributed by atoms with Gasteiger partial charge in [-0.15, -0.1) is 0 Å². The molecule has 3 rings (SSSR count). The number of aromatic nitrogens is 4. The fourth-order valence-corrected chi connectivity index (χ4v) is 2.49. The fourth-order valence-electron chi connectivity index (χ4n) is 2.49. The Bertz CT molecular complexity index is 745. The van der Waals surface area contributed by atoms with E-state index in [-0.39, 0.29) is 0 Å².